The van der Waals surface area contributed by atoms with Gasteiger partial charge in [0.15, 0.2) is 0 Å². The fourth-order valence-corrected chi connectivity index (χ4v) is 3.17. The summed E-state index contributed by atoms with van der Waals surface area (Å²) >= 11 is 6.03. The molecule has 6 nitrogen and oxygen atoms in total. The van der Waals surface area contributed by atoms with Crippen LogP contribution in [0.3, 0.4) is 0 Å². The molecule has 1 amide bonds. The molecule has 0 aliphatic carbocycles. The van der Waals surface area contributed by atoms with Crippen LogP contribution in [0.4, 0.5) is 0 Å². The molecule has 0 spiro atoms. The SMILES string of the molecule is CC1CC(=O)N(Cc2cccnc2)N=C1c1cnn2cc(Cl)ccc12. The van der Waals surface area contributed by atoms with Crippen molar-refractivity contribution in [2.24, 2.45) is 11.0 Å². The maximum Gasteiger partial charge on any atom is 0.243 e. The van der Waals surface area contributed by atoms with Crippen molar-refractivity contribution in [2.45, 2.75) is 19.9 Å². The number of aromatic nitrogens is 3. The van der Waals surface area contributed by atoms with Crippen molar-refractivity contribution in [2.75, 3.05) is 0 Å². The zero-order chi connectivity index (χ0) is 17.4. The third-order valence-corrected chi connectivity index (χ3v) is 4.50. The zero-order valence-corrected chi connectivity index (χ0v) is 14.4. The Kier molecular flexibility index (Phi) is 3.97. The largest absolute Gasteiger partial charge is 0.273 e. The third kappa shape index (κ3) is 3.00. The van der Waals surface area contributed by atoms with Gasteiger partial charge in [-0.25, -0.2) is 9.52 Å². The number of pyridine rings is 2. The smallest absolute Gasteiger partial charge is 0.243 e. The first-order chi connectivity index (χ1) is 12.1. The summed E-state index contributed by atoms with van der Waals surface area (Å²) in [6, 6.07) is 7.54. The molecule has 25 heavy (non-hydrogen) atoms. The molecule has 0 saturated carbocycles. The van der Waals surface area contributed by atoms with Gasteiger partial charge >= 0.3 is 0 Å². The third-order valence-electron chi connectivity index (χ3n) is 4.28. The molecule has 3 aromatic heterocycles. The molecule has 3 aromatic rings. The number of hydrogen-bond acceptors (Lipinski definition) is 4. The van der Waals surface area contributed by atoms with Crippen molar-refractivity contribution in [3.63, 3.8) is 0 Å². The fraction of sp³-hybridized carbons (Fsp3) is 0.222. The highest BCUT2D eigenvalue weighted by atomic mass is 35.5. The molecule has 0 saturated heterocycles. The molecule has 0 fully saturated rings. The van der Waals surface area contributed by atoms with Gasteiger partial charge in [0.2, 0.25) is 5.91 Å². The number of nitrogens with zero attached hydrogens (tertiary/aromatic N) is 5. The molecule has 0 radical (unpaired) electrons. The van der Waals surface area contributed by atoms with E-state index in [0.29, 0.717) is 18.0 Å². The second kappa shape index (κ2) is 6.29. The number of amides is 1. The van der Waals surface area contributed by atoms with E-state index in [1.807, 2.05) is 31.2 Å². The van der Waals surface area contributed by atoms with Crippen LogP contribution in [0, 0.1) is 5.92 Å². The molecule has 4 rings (SSSR count). The van der Waals surface area contributed by atoms with Crippen LogP contribution in [0.25, 0.3) is 5.52 Å². The van der Waals surface area contributed by atoms with Gasteiger partial charge in [0.25, 0.3) is 0 Å². The number of rotatable bonds is 3. The molecule has 1 atom stereocenters. The summed E-state index contributed by atoms with van der Waals surface area (Å²) in [5.41, 5.74) is 3.65. The van der Waals surface area contributed by atoms with Crippen LogP contribution in [0.15, 0.2) is 54.2 Å². The highest BCUT2D eigenvalue weighted by Crippen LogP contribution is 2.25. The van der Waals surface area contributed by atoms with Crippen molar-refractivity contribution in [3.8, 4) is 0 Å². The minimum absolute atomic E-state index is 0.0135. The van der Waals surface area contributed by atoms with Gasteiger partial charge in [-0.1, -0.05) is 24.6 Å². The fourth-order valence-electron chi connectivity index (χ4n) is 3.01. The lowest BCUT2D eigenvalue weighted by molar-refractivity contribution is -0.133. The van der Waals surface area contributed by atoms with Crippen LogP contribution in [0.1, 0.15) is 24.5 Å². The van der Waals surface area contributed by atoms with Crippen LogP contribution in [0.5, 0.6) is 0 Å². The lowest BCUT2D eigenvalue weighted by Gasteiger charge is -2.27. The number of hydrazone groups is 1. The van der Waals surface area contributed by atoms with Crippen LogP contribution in [-0.4, -0.2) is 31.2 Å². The molecule has 126 valence electrons. The average Bonchev–Trinajstić information content (AvgIpc) is 3.01. The molecule has 0 aromatic carbocycles. The second-order valence-corrected chi connectivity index (χ2v) is 6.57. The van der Waals surface area contributed by atoms with Crippen LogP contribution >= 0.6 is 11.6 Å². The first-order valence-electron chi connectivity index (χ1n) is 8.03. The Morgan fingerprint density at radius 2 is 2.16 bits per heavy atom. The minimum Gasteiger partial charge on any atom is -0.273 e. The van der Waals surface area contributed by atoms with Crippen molar-refractivity contribution >= 4 is 28.7 Å². The van der Waals surface area contributed by atoms with E-state index in [2.05, 4.69) is 15.2 Å². The number of hydrogen-bond donors (Lipinski definition) is 0. The monoisotopic (exact) mass is 353 g/mol. The van der Waals surface area contributed by atoms with E-state index in [1.165, 1.54) is 5.01 Å². The Morgan fingerprint density at radius 1 is 1.28 bits per heavy atom. The van der Waals surface area contributed by atoms with Gasteiger partial charge in [0.05, 0.1) is 29.0 Å². The van der Waals surface area contributed by atoms with E-state index >= 15 is 0 Å². The predicted octanol–water partition coefficient (Wildman–Crippen LogP) is 3.16. The van der Waals surface area contributed by atoms with E-state index in [4.69, 9.17) is 11.6 Å². The van der Waals surface area contributed by atoms with Crippen molar-refractivity contribution in [1.82, 2.24) is 19.6 Å². The Bertz CT molecular complexity index is 966. The van der Waals surface area contributed by atoms with Crippen molar-refractivity contribution in [3.05, 3.63) is 65.2 Å². The van der Waals surface area contributed by atoms with Gasteiger partial charge in [-0.3, -0.25) is 9.78 Å². The average molecular weight is 354 g/mol. The molecular formula is C18H16ClN5O. The van der Waals surface area contributed by atoms with E-state index in [-0.39, 0.29) is 11.8 Å². The zero-order valence-electron chi connectivity index (χ0n) is 13.6. The maximum atomic E-state index is 12.4. The van der Waals surface area contributed by atoms with Crippen molar-refractivity contribution < 1.29 is 4.79 Å². The molecule has 0 bridgehead atoms. The highest BCUT2D eigenvalue weighted by molar-refractivity contribution is 6.30. The summed E-state index contributed by atoms with van der Waals surface area (Å²) in [7, 11) is 0. The summed E-state index contributed by atoms with van der Waals surface area (Å²) in [5, 5.41) is 11.1. The van der Waals surface area contributed by atoms with Gasteiger partial charge in [-0.05, 0) is 23.8 Å². The van der Waals surface area contributed by atoms with E-state index < -0.39 is 0 Å². The van der Waals surface area contributed by atoms with Crippen LogP contribution in [0.2, 0.25) is 5.02 Å². The van der Waals surface area contributed by atoms with E-state index in [9.17, 15) is 4.79 Å². The lowest BCUT2D eigenvalue weighted by atomic mass is 9.94. The van der Waals surface area contributed by atoms with E-state index in [0.717, 1.165) is 22.4 Å². The standard InChI is InChI=1S/C18H16ClN5O/c1-12-7-17(25)24(10-13-3-2-6-20-8-13)22-18(12)15-9-21-23-11-14(19)4-5-16(15)23/h2-6,8-9,11-12H,7,10H2,1H3. The predicted molar refractivity (Wildman–Crippen MR) is 95.3 cm³/mol. The van der Waals surface area contributed by atoms with E-state index in [1.54, 1.807) is 29.3 Å². The molecule has 7 heteroatoms. The Morgan fingerprint density at radius 3 is 2.96 bits per heavy atom. The number of carbonyl (C=O) groups is 1. The summed E-state index contributed by atoms with van der Waals surface area (Å²) in [4.78, 5) is 16.5. The van der Waals surface area contributed by atoms with Crippen LogP contribution in [-0.2, 0) is 11.3 Å². The molecule has 1 aliphatic heterocycles. The number of fused-ring (bicyclic) bond motifs is 1. The lowest BCUT2D eigenvalue weighted by Crippen LogP contribution is -2.35. The summed E-state index contributed by atoms with van der Waals surface area (Å²) in [6.45, 7) is 2.42. The molecule has 1 unspecified atom stereocenters. The quantitative estimate of drug-likeness (QED) is 0.726. The van der Waals surface area contributed by atoms with Crippen molar-refractivity contribution in [1.29, 1.82) is 0 Å². The Balaban J connectivity index is 1.73. The maximum absolute atomic E-state index is 12.4. The minimum atomic E-state index is 0.0135. The summed E-state index contributed by atoms with van der Waals surface area (Å²) in [6.07, 6.45) is 7.41. The first kappa shape index (κ1) is 15.8. The van der Waals surface area contributed by atoms with Crippen LogP contribution < -0.4 is 0 Å². The van der Waals surface area contributed by atoms with Gasteiger partial charge in [-0.15, -0.1) is 0 Å². The normalized spacial score (nSPS) is 17.8. The van der Waals surface area contributed by atoms with Gasteiger partial charge in [0, 0.05) is 36.5 Å². The molecule has 4 heterocycles. The molecular weight excluding hydrogens is 338 g/mol. The first-order valence-corrected chi connectivity index (χ1v) is 8.40. The van der Waals surface area contributed by atoms with Gasteiger partial charge in [-0.2, -0.15) is 10.2 Å². The second-order valence-electron chi connectivity index (χ2n) is 6.14. The summed E-state index contributed by atoms with van der Waals surface area (Å²) in [5.74, 6) is 0.0425. The number of halogens is 1. The molecule has 1 aliphatic rings. The highest BCUT2D eigenvalue weighted by Gasteiger charge is 2.29. The van der Waals surface area contributed by atoms with Gasteiger partial charge in [0.1, 0.15) is 0 Å². The Hall–Kier alpha value is -2.73. The van der Waals surface area contributed by atoms with Gasteiger partial charge < -0.3 is 0 Å². The Labute approximate surface area is 149 Å². The summed E-state index contributed by atoms with van der Waals surface area (Å²) < 4.78 is 1.73. The molecule has 0 N–H and O–H groups in total. The number of carbonyl (C=O) groups excluding carboxylic acids is 1. The topological polar surface area (TPSA) is 62.9 Å².